The van der Waals surface area contributed by atoms with Crippen LogP contribution in [0, 0.1) is 13.8 Å². The minimum absolute atomic E-state index is 0.00559. The molecule has 1 aliphatic heterocycles. The second-order valence-electron chi connectivity index (χ2n) is 8.02. The van der Waals surface area contributed by atoms with E-state index in [9.17, 15) is 0 Å². The number of hydrogen-bond donors (Lipinski definition) is 0. The van der Waals surface area contributed by atoms with Crippen molar-refractivity contribution in [2.45, 2.75) is 45.3 Å². The van der Waals surface area contributed by atoms with Gasteiger partial charge >= 0.3 is 0 Å². The van der Waals surface area contributed by atoms with Crippen LogP contribution in [0.4, 0.5) is 0 Å². The number of nitrogens with zero attached hydrogens (tertiary/aromatic N) is 4. The van der Waals surface area contributed by atoms with Gasteiger partial charge in [-0.3, -0.25) is 9.47 Å². The fourth-order valence-electron chi connectivity index (χ4n) is 4.75. The molecule has 1 aromatic heterocycles. The lowest BCUT2D eigenvalue weighted by molar-refractivity contribution is 0.0941. The normalized spacial score (nSPS) is 21.5. The molecule has 0 bridgehead atoms. The summed E-state index contributed by atoms with van der Waals surface area (Å²) < 4.78 is 8.62. The Balaban J connectivity index is 1.43. The highest BCUT2D eigenvalue weighted by molar-refractivity contribution is 6.30. The predicted molar refractivity (Wildman–Crippen MR) is 114 cm³/mol. The summed E-state index contributed by atoms with van der Waals surface area (Å²) in [5.41, 5.74) is 3.62. The summed E-state index contributed by atoms with van der Waals surface area (Å²) in [6.07, 6.45) is 3.57. The lowest BCUT2D eigenvalue weighted by atomic mass is 10.1. The highest BCUT2D eigenvalue weighted by atomic mass is 35.5. The standard InChI is InChI=1S/C23H25ClN4O/c1-15-25-26-16(2)28(15)19-7-9-20(10-8-19)29-23-21-14-18(24)6-5-17(21)13-22(23)27-11-3-4-12-27/h5-10,14,22-23H,3-4,11-13H2,1-2H3/t22-,23-/m0/s1. The molecule has 0 unspecified atom stereocenters. The molecule has 150 valence electrons. The molecular weight excluding hydrogens is 384 g/mol. The number of ether oxygens (including phenoxy) is 1. The van der Waals surface area contributed by atoms with E-state index >= 15 is 0 Å². The van der Waals surface area contributed by atoms with Crippen molar-refractivity contribution in [3.05, 3.63) is 70.3 Å². The second-order valence-corrected chi connectivity index (χ2v) is 8.46. The van der Waals surface area contributed by atoms with Crippen molar-refractivity contribution in [2.75, 3.05) is 13.1 Å². The molecule has 2 atom stereocenters. The Labute approximate surface area is 176 Å². The van der Waals surface area contributed by atoms with Crippen LogP contribution in [0.2, 0.25) is 5.02 Å². The molecule has 0 N–H and O–H groups in total. The molecule has 5 nitrogen and oxygen atoms in total. The second kappa shape index (κ2) is 7.47. The van der Waals surface area contributed by atoms with Gasteiger partial charge in [-0.15, -0.1) is 10.2 Å². The Kier molecular flexibility index (Phi) is 4.80. The molecule has 0 spiro atoms. The summed E-state index contributed by atoms with van der Waals surface area (Å²) >= 11 is 6.32. The van der Waals surface area contributed by atoms with Crippen LogP contribution in [0.1, 0.15) is 41.7 Å². The van der Waals surface area contributed by atoms with Crippen LogP contribution in [0.3, 0.4) is 0 Å². The first-order chi connectivity index (χ1) is 14.1. The molecule has 0 saturated carbocycles. The first-order valence-corrected chi connectivity index (χ1v) is 10.7. The first-order valence-electron chi connectivity index (χ1n) is 10.3. The Morgan fingerprint density at radius 1 is 0.966 bits per heavy atom. The molecule has 2 aromatic carbocycles. The number of halogens is 1. The van der Waals surface area contributed by atoms with E-state index in [4.69, 9.17) is 16.3 Å². The summed E-state index contributed by atoms with van der Waals surface area (Å²) in [5.74, 6) is 2.63. The molecule has 6 heteroatoms. The number of aryl methyl sites for hydroxylation is 2. The van der Waals surface area contributed by atoms with E-state index in [1.807, 2.05) is 36.6 Å². The number of benzene rings is 2. The lowest BCUT2D eigenvalue weighted by Gasteiger charge is -2.30. The third-order valence-electron chi connectivity index (χ3n) is 6.15. The molecule has 0 amide bonds. The van der Waals surface area contributed by atoms with E-state index in [-0.39, 0.29) is 6.10 Å². The van der Waals surface area contributed by atoms with Crippen molar-refractivity contribution in [1.82, 2.24) is 19.7 Å². The Morgan fingerprint density at radius 2 is 1.66 bits per heavy atom. The fourth-order valence-corrected chi connectivity index (χ4v) is 4.93. The van der Waals surface area contributed by atoms with Crippen molar-refractivity contribution in [1.29, 1.82) is 0 Å². The van der Waals surface area contributed by atoms with Gasteiger partial charge in [-0.05, 0) is 93.7 Å². The van der Waals surface area contributed by atoms with Gasteiger partial charge in [0.05, 0.1) is 6.04 Å². The molecule has 1 fully saturated rings. The van der Waals surface area contributed by atoms with Crippen molar-refractivity contribution in [2.24, 2.45) is 0 Å². The van der Waals surface area contributed by atoms with Crippen LogP contribution in [0.15, 0.2) is 42.5 Å². The average Bonchev–Trinajstić information content (AvgIpc) is 3.43. The van der Waals surface area contributed by atoms with Crippen LogP contribution in [0.5, 0.6) is 5.75 Å². The van der Waals surface area contributed by atoms with Gasteiger partial charge in [0, 0.05) is 10.7 Å². The third-order valence-corrected chi connectivity index (χ3v) is 6.38. The van der Waals surface area contributed by atoms with E-state index < -0.39 is 0 Å². The Hall–Kier alpha value is -2.37. The Morgan fingerprint density at radius 3 is 2.34 bits per heavy atom. The van der Waals surface area contributed by atoms with Gasteiger partial charge in [0.1, 0.15) is 23.5 Å². The lowest BCUT2D eigenvalue weighted by Crippen LogP contribution is -2.38. The van der Waals surface area contributed by atoms with E-state index in [2.05, 4.69) is 39.4 Å². The van der Waals surface area contributed by atoms with Gasteiger partial charge in [-0.25, -0.2) is 0 Å². The third kappa shape index (κ3) is 3.43. The molecule has 1 saturated heterocycles. The average molecular weight is 409 g/mol. The van der Waals surface area contributed by atoms with E-state index in [1.165, 1.54) is 24.0 Å². The van der Waals surface area contributed by atoms with Crippen LogP contribution < -0.4 is 4.74 Å². The zero-order chi connectivity index (χ0) is 20.0. The topological polar surface area (TPSA) is 43.2 Å². The number of rotatable bonds is 4. The smallest absolute Gasteiger partial charge is 0.140 e. The van der Waals surface area contributed by atoms with E-state index in [1.54, 1.807) is 0 Å². The van der Waals surface area contributed by atoms with E-state index in [0.717, 1.165) is 47.6 Å². The van der Waals surface area contributed by atoms with Crippen LogP contribution in [-0.4, -0.2) is 38.8 Å². The monoisotopic (exact) mass is 408 g/mol. The summed E-state index contributed by atoms with van der Waals surface area (Å²) in [5, 5.41) is 9.07. The largest absolute Gasteiger partial charge is 0.484 e. The summed E-state index contributed by atoms with van der Waals surface area (Å²) in [6.45, 7) is 6.23. The summed E-state index contributed by atoms with van der Waals surface area (Å²) in [7, 11) is 0. The molecule has 0 radical (unpaired) electrons. The molecule has 29 heavy (non-hydrogen) atoms. The molecule has 2 heterocycles. The van der Waals surface area contributed by atoms with Crippen molar-refractivity contribution in [3.8, 4) is 11.4 Å². The van der Waals surface area contributed by atoms with Crippen molar-refractivity contribution >= 4 is 11.6 Å². The zero-order valence-electron chi connectivity index (χ0n) is 16.8. The van der Waals surface area contributed by atoms with Crippen LogP contribution in [0.25, 0.3) is 5.69 Å². The quantitative estimate of drug-likeness (QED) is 0.628. The molecular formula is C23H25ClN4O. The van der Waals surface area contributed by atoms with Gasteiger partial charge in [-0.2, -0.15) is 0 Å². The number of likely N-dealkylation sites (tertiary alicyclic amines) is 1. The summed E-state index contributed by atoms with van der Waals surface area (Å²) in [4.78, 5) is 2.58. The summed E-state index contributed by atoms with van der Waals surface area (Å²) in [6, 6.07) is 14.8. The van der Waals surface area contributed by atoms with Gasteiger partial charge < -0.3 is 4.74 Å². The maximum absolute atomic E-state index is 6.57. The number of aromatic nitrogens is 3. The van der Waals surface area contributed by atoms with Gasteiger partial charge in [0.2, 0.25) is 0 Å². The minimum atomic E-state index is 0.00559. The highest BCUT2D eigenvalue weighted by Gasteiger charge is 2.39. The molecule has 1 aliphatic carbocycles. The fraction of sp³-hybridized carbons (Fsp3) is 0.391. The van der Waals surface area contributed by atoms with Crippen LogP contribution >= 0.6 is 11.6 Å². The van der Waals surface area contributed by atoms with Gasteiger partial charge in [-0.1, -0.05) is 17.7 Å². The zero-order valence-corrected chi connectivity index (χ0v) is 17.6. The van der Waals surface area contributed by atoms with Crippen molar-refractivity contribution in [3.63, 3.8) is 0 Å². The first kappa shape index (κ1) is 18.6. The molecule has 2 aliphatic rings. The molecule has 3 aromatic rings. The number of fused-ring (bicyclic) bond motifs is 1. The SMILES string of the molecule is Cc1nnc(C)n1-c1ccc(O[C@H]2c3cc(Cl)ccc3C[C@@H]2N2CCCC2)cc1. The maximum Gasteiger partial charge on any atom is 0.140 e. The van der Waals surface area contributed by atoms with Gasteiger partial charge in [0.25, 0.3) is 0 Å². The highest BCUT2D eigenvalue weighted by Crippen LogP contribution is 2.40. The van der Waals surface area contributed by atoms with Gasteiger partial charge in [0.15, 0.2) is 0 Å². The van der Waals surface area contributed by atoms with E-state index in [0.29, 0.717) is 6.04 Å². The maximum atomic E-state index is 6.57. The Bertz CT molecular complexity index is 1000. The predicted octanol–water partition coefficient (Wildman–Crippen LogP) is 4.68. The molecule has 5 rings (SSSR count). The minimum Gasteiger partial charge on any atom is -0.484 e. The van der Waals surface area contributed by atoms with Crippen molar-refractivity contribution < 1.29 is 4.74 Å². The number of hydrogen-bond acceptors (Lipinski definition) is 4. The van der Waals surface area contributed by atoms with Crippen LogP contribution in [-0.2, 0) is 6.42 Å².